The minimum Gasteiger partial charge on any atom is -0.382 e. The average molecular weight is 246 g/mol. The van der Waals surface area contributed by atoms with E-state index in [0.717, 1.165) is 11.4 Å². The van der Waals surface area contributed by atoms with Crippen LogP contribution in [0.4, 0.5) is 11.5 Å². The molecule has 0 aliphatic carbocycles. The van der Waals surface area contributed by atoms with Gasteiger partial charge in [-0.25, -0.2) is 19.0 Å². The fraction of sp³-hybridized carbons (Fsp3) is 0.364. The molecule has 3 heterocycles. The van der Waals surface area contributed by atoms with Gasteiger partial charge in [-0.3, -0.25) is 0 Å². The highest BCUT2D eigenvalue weighted by atomic mass is 16.2. The number of nitrogens with zero attached hydrogens (tertiary/aromatic N) is 5. The third-order valence-corrected chi connectivity index (χ3v) is 3.43. The van der Waals surface area contributed by atoms with Crippen LogP contribution in [0.5, 0.6) is 0 Å². The molecule has 7 nitrogen and oxygen atoms in total. The number of fused-ring (bicyclic) bond motifs is 3. The lowest BCUT2D eigenvalue weighted by molar-refractivity contribution is 0.632. The molecule has 0 bridgehead atoms. The van der Waals surface area contributed by atoms with E-state index >= 15 is 0 Å². The van der Waals surface area contributed by atoms with Crippen LogP contribution in [-0.2, 0) is 7.05 Å². The maximum absolute atomic E-state index is 12.1. The first kappa shape index (κ1) is 10.8. The van der Waals surface area contributed by atoms with Crippen LogP contribution in [0.2, 0.25) is 0 Å². The van der Waals surface area contributed by atoms with Crippen molar-refractivity contribution in [2.24, 2.45) is 7.05 Å². The SMILES string of the molecule is C[C@H]1c2nn(C)c(=O)n2-c2ccnc(N)c2N1C. The smallest absolute Gasteiger partial charge is 0.350 e. The summed E-state index contributed by atoms with van der Waals surface area (Å²) in [5.74, 6) is 1.13. The molecule has 3 rings (SSSR count). The Hall–Kier alpha value is -2.31. The highest BCUT2D eigenvalue weighted by Gasteiger charge is 2.31. The van der Waals surface area contributed by atoms with Gasteiger partial charge in [0.05, 0.1) is 11.7 Å². The molecule has 0 saturated heterocycles. The normalized spacial score (nSPS) is 17.5. The van der Waals surface area contributed by atoms with Gasteiger partial charge in [0.15, 0.2) is 5.82 Å². The van der Waals surface area contributed by atoms with Crippen molar-refractivity contribution >= 4 is 11.5 Å². The zero-order valence-electron chi connectivity index (χ0n) is 10.5. The lowest BCUT2D eigenvalue weighted by Gasteiger charge is -2.33. The molecule has 1 atom stereocenters. The monoisotopic (exact) mass is 246 g/mol. The van der Waals surface area contributed by atoms with Crippen molar-refractivity contribution in [2.45, 2.75) is 13.0 Å². The van der Waals surface area contributed by atoms with Gasteiger partial charge in [-0.2, -0.15) is 5.10 Å². The second-order valence-electron chi connectivity index (χ2n) is 4.45. The standard InChI is InChI=1S/C11H14N6O/c1-6-10-14-16(3)11(18)17(10)7-4-5-13-9(12)8(7)15(6)2/h4-6H,1-3H3,(H2,12,13)/t6-/m0/s1. The van der Waals surface area contributed by atoms with Crippen molar-refractivity contribution in [1.82, 2.24) is 19.3 Å². The highest BCUT2D eigenvalue weighted by Crippen LogP contribution is 2.37. The predicted octanol–water partition coefficient (Wildman–Crippen LogP) is 0.0590. The number of aryl methyl sites for hydroxylation is 1. The largest absolute Gasteiger partial charge is 0.382 e. The molecule has 1 aliphatic heterocycles. The second-order valence-corrected chi connectivity index (χ2v) is 4.45. The van der Waals surface area contributed by atoms with Crippen molar-refractivity contribution in [3.05, 3.63) is 28.6 Å². The summed E-state index contributed by atoms with van der Waals surface area (Å²) in [6.07, 6.45) is 1.60. The summed E-state index contributed by atoms with van der Waals surface area (Å²) in [4.78, 5) is 18.2. The van der Waals surface area contributed by atoms with E-state index in [9.17, 15) is 4.79 Å². The summed E-state index contributed by atoms with van der Waals surface area (Å²) < 4.78 is 2.93. The number of aromatic nitrogens is 4. The van der Waals surface area contributed by atoms with E-state index in [1.165, 1.54) is 4.68 Å². The molecule has 1 aliphatic rings. The average Bonchev–Trinajstić information content (AvgIpc) is 2.63. The third-order valence-electron chi connectivity index (χ3n) is 3.43. The van der Waals surface area contributed by atoms with E-state index in [1.54, 1.807) is 23.9 Å². The Morgan fingerprint density at radius 2 is 2.11 bits per heavy atom. The van der Waals surface area contributed by atoms with E-state index in [2.05, 4.69) is 10.1 Å². The molecular formula is C11H14N6O. The Kier molecular flexibility index (Phi) is 2.01. The van der Waals surface area contributed by atoms with E-state index in [4.69, 9.17) is 5.73 Å². The Balaban J connectivity index is 2.44. The Bertz CT molecular complexity index is 685. The lowest BCUT2D eigenvalue weighted by atomic mass is 10.1. The molecule has 0 spiro atoms. The van der Waals surface area contributed by atoms with Crippen LogP contribution in [-0.4, -0.2) is 26.4 Å². The molecule has 0 aromatic carbocycles. The maximum Gasteiger partial charge on any atom is 0.350 e. The number of rotatable bonds is 0. The minimum absolute atomic E-state index is 0.0297. The topological polar surface area (TPSA) is 82.0 Å². The first-order valence-corrected chi connectivity index (χ1v) is 5.66. The van der Waals surface area contributed by atoms with Crippen LogP contribution in [0.1, 0.15) is 18.8 Å². The molecule has 2 aromatic rings. The van der Waals surface area contributed by atoms with Crippen LogP contribution in [0.3, 0.4) is 0 Å². The van der Waals surface area contributed by atoms with E-state index in [1.807, 2.05) is 18.9 Å². The Morgan fingerprint density at radius 1 is 1.39 bits per heavy atom. The van der Waals surface area contributed by atoms with Gasteiger partial charge in [0.1, 0.15) is 11.5 Å². The summed E-state index contributed by atoms with van der Waals surface area (Å²) in [5.41, 5.74) is 7.25. The number of hydrogen-bond acceptors (Lipinski definition) is 5. The van der Waals surface area contributed by atoms with Crippen LogP contribution >= 0.6 is 0 Å². The zero-order valence-corrected chi connectivity index (χ0v) is 10.5. The number of pyridine rings is 1. The number of anilines is 2. The quantitative estimate of drug-likeness (QED) is 0.710. The molecular weight excluding hydrogens is 232 g/mol. The van der Waals surface area contributed by atoms with Gasteiger partial charge in [0.25, 0.3) is 0 Å². The van der Waals surface area contributed by atoms with E-state index < -0.39 is 0 Å². The molecule has 0 fully saturated rings. The Labute approximate surface area is 103 Å². The van der Waals surface area contributed by atoms with Crippen molar-refractivity contribution < 1.29 is 0 Å². The summed E-state index contributed by atoms with van der Waals surface area (Å²) in [7, 11) is 3.56. The Morgan fingerprint density at radius 3 is 2.83 bits per heavy atom. The predicted molar refractivity (Wildman–Crippen MR) is 67.8 cm³/mol. The first-order valence-electron chi connectivity index (χ1n) is 5.66. The van der Waals surface area contributed by atoms with Gasteiger partial charge in [0.2, 0.25) is 0 Å². The fourth-order valence-corrected chi connectivity index (χ4v) is 2.35. The molecule has 2 aromatic heterocycles. The molecule has 0 radical (unpaired) electrons. The number of hydrogen-bond donors (Lipinski definition) is 1. The van der Waals surface area contributed by atoms with Crippen molar-refractivity contribution in [1.29, 1.82) is 0 Å². The number of nitrogen functional groups attached to an aromatic ring is 1. The molecule has 2 N–H and O–H groups in total. The van der Waals surface area contributed by atoms with Crippen molar-refractivity contribution in [2.75, 3.05) is 17.7 Å². The molecule has 94 valence electrons. The van der Waals surface area contributed by atoms with Gasteiger partial charge >= 0.3 is 5.69 Å². The summed E-state index contributed by atoms with van der Waals surface area (Å²) in [6, 6.07) is 1.75. The summed E-state index contributed by atoms with van der Waals surface area (Å²) in [6.45, 7) is 1.98. The molecule has 18 heavy (non-hydrogen) atoms. The summed E-state index contributed by atoms with van der Waals surface area (Å²) >= 11 is 0. The van der Waals surface area contributed by atoms with Crippen molar-refractivity contribution in [3.8, 4) is 5.69 Å². The van der Waals surface area contributed by atoms with Gasteiger partial charge in [-0.05, 0) is 13.0 Å². The van der Waals surface area contributed by atoms with Gasteiger partial charge in [-0.15, -0.1) is 0 Å². The third kappa shape index (κ3) is 1.15. The number of nitrogens with two attached hydrogens (primary N) is 1. The zero-order chi connectivity index (χ0) is 13.0. The highest BCUT2D eigenvalue weighted by molar-refractivity contribution is 5.76. The second kappa shape index (κ2) is 3.34. The van der Waals surface area contributed by atoms with Crippen LogP contribution in [0.25, 0.3) is 5.69 Å². The summed E-state index contributed by atoms with van der Waals surface area (Å²) in [5, 5.41) is 4.27. The molecule has 0 amide bonds. The first-order chi connectivity index (χ1) is 8.52. The minimum atomic E-state index is -0.170. The van der Waals surface area contributed by atoms with Gasteiger partial charge < -0.3 is 10.6 Å². The van der Waals surface area contributed by atoms with E-state index in [-0.39, 0.29) is 11.7 Å². The van der Waals surface area contributed by atoms with Crippen LogP contribution in [0, 0.1) is 0 Å². The maximum atomic E-state index is 12.1. The molecule has 0 unspecified atom stereocenters. The molecule has 0 saturated carbocycles. The van der Waals surface area contributed by atoms with Crippen LogP contribution < -0.4 is 16.3 Å². The molecule has 7 heteroatoms. The van der Waals surface area contributed by atoms with E-state index in [0.29, 0.717) is 11.6 Å². The fourth-order valence-electron chi connectivity index (χ4n) is 2.35. The van der Waals surface area contributed by atoms with Gasteiger partial charge in [-0.1, -0.05) is 0 Å². The lowest BCUT2D eigenvalue weighted by Crippen LogP contribution is -2.34. The van der Waals surface area contributed by atoms with Crippen molar-refractivity contribution in [3.63, 3.8) is 0 Å². The van der Waals surface area contributed by atoms with Crippen LogP contribution in [0.15, 0.2) is 17.1 Å². The van der Waals surface area contributed by atoms with Gasteiger partial charge in [0, 0.05) is 20.3 Å².